The maximum Gasteiger partial charge on any atom is 0.330 e. The average molecular weight is 309 g/mol. The van der Waals surface area contributed by atoms with Gasteiger partial charge in [-0.05, 0) is 0 Å². The molecular weight excluding hydrogens is 294 g/mol. The van der Waals surface area contributed by atoms with Gasteiger partial charge in [-0.3, -0.25) is 14.3 Å². The summed E-state index contributed by atoms with van der Waals surface area (Å²) in [6.07, 6.45) is 1.96. The fourth-order valence-electron chi connectivity index (χ4n) is 2.39. The highest BCUT2D eigenvalue weighted by atomic mass is 16.5. The van der Waals surface area contributed by atoms with E-state index in [1.807, 2.05) is 0 Å². The molecule has 10 nitrogen and oxygen atoms in total. The van der Waals surface area contributed by atoms with Crippen molar-refractivity contribution < 1.29 is 14.9 Å². The molecule has 2 aromatic heterocycles. The fourth-order valence-corrected chi connectivity index (χ4v) is 2.39. The highest BCUT2D eigenvalue weighted by Gasteiger charge is 2.35. The first-order valence-corrected chi connectivity index (χ1v) is 6.69. The molecular formula is C12H15N5O5. The third-order valence-corrected chi connectivity index (χ3v) is 3.53. The maximum atomic E-state index is 11.9. The summed E-state index contributed by atoms with van der Waals surface area (Å²) in [6, 6.07) is 0. The van der Waals surface area contributed by atoms with Gasteiger partial charge in [0.25, 0.3) is 5.56 Å². The Kier molecular flexibility index (Phi) is 3.88. The molecule has 0 spiro atoms. The van der Waals surface area contributed by atoms with E-state index in [0.29, 0.717) is 5.56 Å². The fraction of sp³-hybridized carbons (Fsp3) is 0.500. The number of aliphatic hydroxyl groups excluding tert-OH is 2. The Hall–Kier alpha value is -2.30. The van der Waals surface area contributed by atoms with E-state index in [1.54, 1.807) is 0 Å². The molecule has 10 heteroatoms. The van der Waals surface area contributed by atoms with Crippen LogP contribution in [0, 0.1) is 0 Å². The first-order valence-electron chi connectivity index (χ1n) is 6.69. The van der Waals surface area contributed by atoms with Crippen molar-refractivity contribution in [2.75, 3.05) is 6.61 Å². The van der Waals surface area contributed by atoms with Crippen LogP contribution in [0.2, 0.25) is 0 Å². The third kappa shape index (κ3) is 2.71. The lowest BCUT2D eigenvalue weighted by atomic mass is 10.2. The van der Waals surface area contributed by atoms with Crippen molar-refractivity contribution in [2.24, 2.45) is 0 Å². The van der Waals surface area contributed by atoms with Crippen LogP contribution in [0.5, 0.6) is 0 Å². The van der Waals surface area contributed by atoms with Gasteiger partial charge in [0.1, 0.15) is 25.0 Å². The smallest absolute Gasteiger partial charge is 0.330 e. The SMILES string of the molecule is O=c1[nH]c(=O)n([C@H]2C[C@H](O)[C@@H](CO)O2)cc1Cn1cncn1. The Morgan fingerprint density at radius 1 is 1.45 bits per heavy atom. The van der Waals surface area contributed by atoms with Crippen LogP contribution in [0.15, 0.2) is 28.4 Å². The van der Waals surface area contributed by atoms with E-state index in [1.165, 1.54) is 28.1 Å². The van der Waals surface area contributed by atoms with Crippen molar-refractivity contribution in [3.05, 3.63) is 45.3 Å². The summed E-state index contributed by atoms with van der Waals surface area (Å²) in [4.78, 5) is 29.8. The molecule has 0 aliphatic carbocycles. The number of nitrogens with zero attached hydrogens (tertiary/aromatic N) is 4. The number of aromatic nitrogens is 5. The molecule has 0 saturated carbocycles. The lowest BCUT2D eigenvalue weighted by Gasteiger charge is -2.15. The summed E-state index contributed by atoms with van der Waals surface area (Å²) in [5, 5.41) is 22.7. The van der Waals surface area contributed by atoms with Gasteiger partial charge in [0.15, 0.2) is 0 Å². The van der Waals surface area contributed by atoms with E-state index in [0.717, 1.165) is 0 Å². The largest absolute Gasteiger partial charge is 0.394 e. The molecule has 3 rings (SSSR count). The molecule has 3 atom stereocenters. The van der Waals surface area contributed by atoms with Gasteiger partial charge < -0.3 is 14.9 Å². The molecule has 22 heavy (non-hydrogen) atoms. The number of hydrogen-bond acceptors (Lipinski definition) is 7. The molecule has 0 unspecified atom stereocenters. The van der Waals surface area contributed by atoms with E-state index in [-0.39, 0.29) is 19.6 Å². The van der Waals surface area contributed by atoms with Crippen LogP contribution in [0.1, 0.15) is 18.2 Å². The standard InChI is InChI=1S/C12H15N5O5/c18-4-9-8(19)1-10(22-9)17-3-7(11(20)15-12(17)21)2-16-6-13-5-14-16/h3,5-6,8-10,18-19H,1-2,4H2,(H,15,20,21)/t8-,9+,10+/m0/s1. The average Bonchev–Trinajstić information content (AvgIpc) is 3.11. The van der Waals surface area contributed by atoms with Gasteiger partial charge in [-0.1, -0.05) is 0 Å². The topological polar surface area (TPSA) is 135 Å². The van der Waals surface area contributed by atoms with Crippen LogP contribution >= 0.6 is 0 Å². The molecule has 1 fully saturated rings. The number of rotatable bonds is 4. The Labute approximate surface area is 123 Å². The normalized spacial score (nSPS) is 24.7. The van der Waals surface area contributed by atoms with Crippen LogP contribution in [0.25, 0.3) is 0 Å². The van der Waals surface area contributed by atoms with E-state index in [2.05, 4.69) is 15.1 Å². The number of ether oxygens (including phenoxy) is 1. The second-order valence-electron chi connectivity index (χ2n) is 5.03. The van der Waals surface area contributed by atoms with Crippen LogP contribution in [0.4, 0.5) is 0 Å². The van der Waals surface area contributed by atoms with Gasteiger partial charge in [0.2, 0.25) is 0 Å². The maximum absolute atomic E-state index is 11.9. The van der Waals surface area contributed by atoms with Crippen LogP contribution in [-0.2, 0) is 11.3 Å². The summed E-state index contributed by atoms with van der Waals surface area (Å²) >= 11 is 0. The van der Waals surface area contributed by atoms with Gasteiger partial charge in [-0.25, -0.2) is 14.5 Å². The summed E-state index contributed by atoms with van der Waals surface area (Å²) in [7, 11) is 0. The quantitative estimate of drug-likeness (QED) is 0.584. The molecule has 3 heterocycles. The molecule has 118 valence electrons. The Morgan fingerprint density at radius 2 is 2.27 bits per heavy atom. The minimum absolute atomic E-state index is 0.147. The third-order valence-electron chi connectivity index (χ3n) is 3.53. The molecule has 1 saturated heterocycles. The van der Waals surface area contributed by atoms with Crippen molar-refractivity contribution in [3.63, 3.8) is 0 Å². The van der Waals surface area contributed by atoms with E-state index < -0.39 is 29.7 Å². The minimum atomic E-state index is -0.868. The van der Waals surface area contributed by atoms with Crippen molar-refractivity contribution in [1.82, 2.24) is 24.3 Å². The van der Waals surface area contributed by atoms with Gasteiger partial charge in [0, 0.05) is 12.6 Å². The van der Waals surface area contributed by atoms with Crippen LogP contribution < -0.4 is 11.2 Å². The predicted molar refractivity (Wildman–Crippen MR) is 72.1 cm³/mol. The molecule has 1 aliphatic heterocycles. The van der Waals surface area contributed by atoms with Crippen molar-refractivity contribution in [1.29, 1.82) is 0 Å². The van der Waals surface area contributed by atoms with E-state index in [9.17, 15) is 14.7 Å². The first-order chi connectivity index (χ1) is 10.6. The minimum Gasteiger partial charge on any atom is -0.394 e. The van der Waals surface area contributed by atoms with Gasteiger partial charge >= 0.3 is 5.69 Å². The molecule has 1 aliphatic rings. The van der Waals surface area contributed by atoms with E-state index >= 15 is 0 Å². The number of nitrogens with one attached hydrogen (secondary N) is 1. The zero-order valence-corrected chi connectivity index (χ0v) is 11.5. The number of H-pyrrole nitrogens is 1. The second-order valence-corrected chi connectivity index (χ2v) is 5.03. The molecule has 3 N–H and O–H groups in total. The van der Waals surface area contributed by atoms with E-state index in [4.69, 9.17) is 9.84 Å². The lowest BCUT2D eigenvalue weighted by Crippen LogP contribution is -2.34. The van der Waals surface area contributed by atoms with Crippen LogP contribution in [-0.4, -0.2) is 53.3 Å². The lowest BCUT2D eigenvalue weighted by molar-refractivity contribution is -0.0460. The van der Waals surface area contributed by atoms with Crippen molar-refractivity contribution in [3.8, 4) is 0 Å². The predicted octanol–water partition coefficient (Wildman–Crippen LogP) is -2.18. The summed E-state index contributed by atoms with van der Waals surface area (Å²) in [6.45, 7) is -0.199. The van der Waals surface area contributed by atoms with Gasteiger partial charge in [-0.2, -0.15) is 5.10 Å². The Morgan fingerprint density at radius 3 is 2.91 bits per heavy atom. The highest BCUT2D eigenvalue weighted by Crippen LogP contribution is 2.27. The van der Waals surface area contributed by atoms with Crippen LogP contribution in [0.3, 0.4) is 0 Å². The molecule has 0 aromatic carbocycles. The Bertz CT molecular complexity index is 752. The molecule has 0 radical (unpaired) electrons. The Balaban J connectivity index is 1.92. The second kappa shape index (κ2) is 5.83. The number of aliphatic hydroxyl groups is 2. The molecule has 2 aromatic rings. The number of aromatic amines is 1. The molecule has 0 bridgehead atoms. The van der Waals surface area contributed by atoms with Crippen molar-refractivity contribution >= 4 is 0 Å². The zero-order chi connectivity index (χ0) is 15.7. The summed E-state index contributed by atoms with van der Waals surface area (Å²) < 4.78 is 8.07. The van der Waals surface area contributed by atoms with Gasteiger partial charge in [-0.15, -0.1) is 0 Å². The first kappa shape index (κ1) is 14.6. The van der Waals surface area contributed by atoms with Crippen molar-refractivity contribution in [2.45, 2.75) is 31.4 Å². The monoisotopic (exact) mass is 309 g/mol. The molecule has 0 amide bonds. The van der Waals surface area contributed by atoms with Gasteiger partial charge in [0.05, 0.1) is 24.8 Å². The summed E-state index contributed by atoms with van der Waals surface area (Å²) in [5.41, 5.74) is -0.854. The number of hydrogen-bond donors (Lipinski definition) is 3. The summed E-state index contributed by atoms with van der Waals surface area (Å²) in [5.74, 6) is 0. The zero-order valence-electron chi connectivity index (χ0n) is 11.5. The highest BCUT2D eigenvalue weighted by molar-refractivity contribution is 5.05.